The van der Waals surface area contributed by atoms with E-state index in [1.54, 1.807) is 0 Å². The molecule has 2 amide bonds. The van der Waals surface area contributed by atoms with Crippen LogP contribution in [0.15, 0.2) is 0 Å². The Morgan fingerprint density at radius 1 is 1.14 bits per heavy atom. The Hall–Kier alpha value is -1.10. The van der Waals surface area contributed by atoms with Crippen molar-refractivity contribution in [3.63, 3.8) is 0 Å². The largest absolute Gasteiger partial charge is 0.342 e. The van der Waals surface area contributed by atoms with E-state index in [4.69, 9.17) is 0 Å². The van der Waals surface area contributed by atoms with Crippen LogP contribution in [-0.2, 0) is 9.59 Å². The average Bonchev–Trinajstić information content (AvgIpc) is 2.52. The molecule has 0 radical (unpaired) electrons. The maximum atomic E-state index is 12.8. The lowest BCUT2D eigenvalue weighted by Crippen LogP contribution is -2.51. The molecule has 1 atom stereocenters. The third-order valence-corrected chi connectivity index (χ3v) is 4.90. The molecule has 0 aromatic rings. The van der Waals surface area contributed by atoms with Crippen molar-refractivity contribution in [2.45, 2.75) is 52.5 Å². The van der Waals surface area contributed by atoms with Crippen LogP contribution in [-0.4, -0.2) is 60.9 Å². The molecule has 0 saturated carbocycles. The van der Waals surface area contributed by atoms with E-state index in [2.05, 4.69) is 5.32 Å². The molecule has 22 heavy (non-hydrogen) atoms. The predicted octanol–water partition coefficient (Wildman–Crippen LogP) is 1.48. The quantitative estimate of drug-likeness (QED) is 0.841. The Kier molecular flexibility index (Phi) is 5.48. The highest BCUT2D eigenvalue weighted by molar-refractivity contribution is 5.84. The van der Waals surface area contributed by atoms with E-state index in [9.17, 15) is 9.59 Å². The molecule has 2 aliphatic rings. The number of hydrogen-bond donors (Lipinski definition) is 1. The Labute approximate surface area is 134 Å². The van der Waals surface area contributed by atoms with Crippen LogP contribution in [0.2, 0.25) is 0 Å². The summed E-state index contributed by atoms with van der Waals surface area (Å²) in [6.07, 6.45) is 3.89. The fourth-order valence-electron chi connectivity index (χ4n) is 3.50. The molecule has 2 aliphatic heterocycles. The van der Waals surface area contributed by atoms with Gasteiger partial charge in [0, 0.05) is 31.6 Å². The first-order valence-corrected chi connectivity index (χ1v) is 8.57. The molecule has 126 valence electrons. The number of nitrogens with one attached hydrogen (secondary N) is 1. The maximum Gasteiger partial charge on any atom is 0.227 e. The Morgan fingerprint density at radius 2 is 1.77 bits per heavy atom. The van der Waals surface area contributed by atoms with Crippen molar-refractivity contribution < 1.29 is 9.59 Å². The lowest BCUT2D eigenvalue weighted by Gasteiger charge is -2.39. The Balaban J connectivity index is 1.96. The van der Waals surface area contributed by atoms with Gasteiger partial charge in [-0.25, -0.2) is 0 Å². The molecule has 2 rings (SSSR count). The van der Waals surface area contributed by atoms with Crippen molar-refractivity contribution in [2.75, 3.05) is 33.2 Å². The highest BCUT2D eigenvalue weighted by Gasteiger charge is 2.35. The zero-order valence-electron chi connectivity index (χ0n) is 14.5. The maximum absolute atomic E-state index is 12.8. The van der Waals surface area contributed by atoms with Gasteiger partial charge in [0.25, 0.3) is 0 Å². The Morgan fingerprint density at radius 3 is 2.36 bits per heavy atom. The zero-order valence-corrected chi connectivity index (χ0v) is 14.5. The van der Waals surface area contributed by atoms with Gasteiger partial charge in [0.05, 0.1) is 5.92 Å². The van der Waals surface area contributed by atoms with Gasteiger partial charge >= 0.3 is 0 Å². The molecule has 5 heteroatoms. The van der Waals surface area contributed by atoms with Gasteiger partial charge in [0.1, 0.15) is 0 Å². The third kappa shape index (κ3) is 4.00. The van der Waals surface area contributed by atoms with Crippen LogP contribution in [0.1, 0.15) is 46.5 Å². The van der Waals surface area contributed by atoms with Crippen molar-refractivity contribution in [2.24, 2.45) is 11.3 Å². The molecule has 0 bridgehead atoms. The van der Waals surface area contributed by atoms with Crippen molar-refractivity contribution in [1.29, 1.82) is 0 Å². The first-order valence-electron chi connectivity index (χ1n) is 8.57. The number of carbonyl (C=O) groups excluding carboxylic acids is 2. The van der Waals surface area contributed by atoms with Gasteiger partial charge in [-0.05, 0) is 38.8 Å². The minimum absolute atomic E-state index is 0.0278. The van der Waals surface area contributed by atoms with E-state index in [1.807, 2.05) is 37.6 Å². The summed E-state index contributed by atoms with van der Waals surface area (Å²) in [4.78, 5) is 29.1. The van der Waals surface area contributed by atoms with Crippen molar-refractivity contribution in [3.8, 4) is 0 Å². The summed E-state index contributed by atoms with van der Waals surface area (Å²) >= 11 is 0. The van der Waals surface area contributed by atoms with Gasteiger partial charge in [-0.3, -0.25) is 9.59 Å². The van der Waals surface area contributed by atoms with Gasteiger partial charge in [0.2, 0.25) is 11.8 Å². The minimum atomic E-state index is -0.369. The highest BCUT2D eigenvalue weighted by Crippen LogP contribution is 2.25. The SMILES string of the molecule is CN(C(=O)C1CCCN(C(=O)C(C)(C)C)C1)C1CCNCC1. The number of hydrogen-bond acceptors (Lipinski definition) is 3. The fraction of sp³-hybridized carbons (Fsp3) is 0.882. The molecular weight excluding hydrogens is 278 g/mol. The first-order chi connectivity index (χ1) is 10.3. The summed E-state index contributed by atoms with van der Waals surface area (Å²) < 4.78 is 0. The van der Waals surface area contributed by atoms with Gasteiger partial charge in [-0.2, -0.15) is 0 Å². The van der Waals surface area contributed by atoms with Gasteiger partial charge in [-0.1, -0.05) is 20.8 Å². The molecule has 1 N–H and O–H groups in total. The first kappa shape index (κ1) is 17.3. The monoisotopic (exact) mass is 309 g/mol. The van der Waals surface area contributed by atoms with Crippen LogP contribution in [0.3, 0.4) is 0 Å². The molecule has 0 aromatic carbocycles. The van der Waals surface area contributed by atoms with Crippen molar-refractivity contribution >= 4 is 11.8 Å². The number of rotatable bonds is 2. The summed E-state index contributed by atoms with van der Waals surface area (Å²) in [6.45, 7) is 9.19. The van der Waals surface area contributed by atoms with Crippen LogP contribution in [0.5, 0.6) is 0 Å². The van der Waals surface area contributed by atoms with Crippen LogP contribution in [0.25, 0.3) is 0 Å². The van der Waals surface area contributed by atoms with Crippen LogP contribution < -0.4 is 5.32 Å². The highest BCUT2D eigenvalue weighted by atomic mass is 16.2. The van der Waals surface area contributed by atoms with Crippen molar-refractivity contribution in [1.82, 2.24) is 15.1 Å². The fourth-order valence-corrected chi connectivity index (χ4v) is 3.50. The van der Waals surface area contributed by atoms with Gasteiger partial charge < -0.3 is 15.1 Å². The molecule has 2 saturated heterocycles. The smallest absolute Gasteiger partial charge is 0.227 e. The molecule has 1 unspecified atom stereocenters. The van der Waals surface area contributed by atoms with Gasteiger partial charge in [-0.15, -0.1) is 0 Å². The summed E-state index contributed by atoms with van der Waals surface area (Å²) in [7, 11) is 1.93. The van der Waals surface area contributed by atoms with E-state index >= 15 is 0 Å². The molecule has 0 aliphatic carbocycles. The minimum Gasteiger partial charge on any atom is -0.342 e. The second kappa shape index (κ2) is 6.99. The van der Waals surface area contributed by atoms with E-state index in [1.165, 1.54) is 0 Å². The summed E-state index contributed by atoms with van der Waals surface area (Å²) in [5.74, 6) is 0.354. The predicted molar refractivity (Wildman–Crippen MR) is 87.4 cm³/mol. The third-order valence-electron chi connectivity index (χ3n) is 4.90. The molecule has 5 nitrogen and oxygen atoms in total. The molecule has 0 spiro atoms. The van der Waals surface area contributed by atoms with E-state index in [0.717, 1.165) is 45.3 Å². The zero-order chi connectivity index (χ0) is 16.3. The molecule has 0 aromatic heterocycles. The number of likely N-dealkylation sites (tertiary alicyclic amines) is 1. The lowest BCUT2D eigenvalue weighted by molar-refractivity contribution is -0.145. The van der Waals surface area contributed by atoms with E-state index in [-0.39, 0.29) is 23.1 Å². The lowest BCUT2D eigenvalue weighted by atomic mass is 9.90. The van der Waals surface area contributed by atoms with E-state index < -0.39 is 0 Å². The standard InChI is InChI=1S/C17H31N3O2/c1-17(2,3)16(22)20-11-5-6-13(12-20)15(21)19(4)14-7-9-18-10-8-14/h13-14,18H,5-12H2,1-4H3. The average molecular weight is 309 g/mol. The van der Waals surface area contributed by atoms with Crippen LogP contribution in [0.4, 0.5) is 0 Å². The number of carbonyl (C=O) groups is 2. The van der Waals surface area contributed by atoms with Crippen LogP contribution >= 0.6 is 0 Å². The summed E-state index contributed by atoms with van der Waals surface area (Å²) in [6, 6.07) is 0.349. The second-order valence-electron chi connectivity index (χ2n) is 7.77. The Bertz CT molecular complexity index is 411. The van der Waals surface area contributed by atoms with Crippen LogP contribution in [0, 0.1) is 11.3 Å². The number of piperidine rings is 2. The number of amides is 2. The number of nitrogens with zero attached hydrogens (tertiary/aromatic N) is 2. The summed E-state index contributed by atoms with van der Waals surface area (Å²) in [5.41, 5.74) is -0.369. The molecule has 2 fully saturated rings. The molecular formula is C17H31N3O2. The second-order valence-corrected chi connectivity index (χ2v) is 7.77. The van der Waals surface area contributed by atoms with Gasteiger partial charge in [0.15, 0.2) is 0 Å². The molecule has 2 heterocycles. The summed E-state index contributed by atoms with van der Waals surface area (Å²) in [5, 5.41) is 3.34. The topological polar surface area (TPSA) is 52.7 Å². The van der Waals surface area contributed by atoms with Crippen molar-refractivity contribution in [3.05, 3.63) is 0 Å². The normalized spacial score (nSPS) is 24.2. The van der Waals surface area contributed by atoms with E-state index in [0.29, 0.717) is 12.6 Å².